The molecule has 4 heterocycles. The minimum absolute atomic E-state index is 0.183. The van der Waals surface area contributed by atoms with E-state index in [1.54, 1.807) is 0 Å². The molecule has 2 aliphatic rings. The molecule has 1 saturated heterocycles. The van der Waals surface area contributed by atoms with E-state index in [9.17, 15) is 5.11 Å². The first-order chi connectivity index (χ1) is 12.0. The van der Waals surface area contributed by atoms with E-state index in [1.165, 1.54) is 10.4 Å². The van der Waals surface area contributed by atoms with Gasteiger partial charge in [-0.25, -0.2) is 0 Å². The zero-order valence-electron chi connectivity index (χ0n) is 15.2. The molecule has 6 nitrogen and oxygen atoms in total. The number of aromatic nitrogens is 3. The number of fused-ring (bicyclic) bond motifs is 1. The van der Waals surface area contributed by atoms with Crippen LogP contribution in [-0.2, 0) is 19.6 Å². The average Bonchev–Trinajstić information content (AvgIpc) is 3.26. The van der Waals surface area contributed by atoms with E-state index in [0.29, 0.717) is 6.04 Å². The lowest BCUT2D eigenvalue weighted by Crippen LogP contribution is -2.36. The summed E-state index contributed by atoms with van der Waals surface area (Å²) >= 11 is 1.83. The number of aliphatic hydroxyl groups excluding tert-OH is 1. The van der Waals surface area contributed by atoms with Crippen molar-refractivity contribution in [3.05, 3.63) is 33.5 Å². The minimum atomic E-state index is -0.262. The fraction of sp³-hybridized carbons (Fsp3) is 0.667. The molecule has 2 atom stereocenters. The Morgan fingerprint density at radius 1 is 1.32 bits per heavy atom. The topological polar surface area (TPSA) is 57.4 Å². The van der Waals surface area contributed by atoms with Crippen molar-refractivity contribution in [3.8, 4) is 0 Å². The predicted molar refractivity (Wildman–Crippen MR) is 98.4 cm³/mol. The lowest BCUT2D eigenvalue weighted by Gasteiger charge is -2.31. The molecular weight excluding hydrogens is 334 g/mol. The van der Waals surface area contributed by atoms with Crippen LogP contribution in [0.3, 0.4) is 0 Å². The normalized spacial score (nSPS) is 25.0. The molecule has 2 aliphatic heterocycles. The molecule has 0 saturated carbocycles. The van der Waals surface area contributed by atoms with Gasteiger partial charge in [0, 0.05) is 37.1 Å². The monoisotopic (exact) mass is 361 g/mol. The maximum Gasteiger partial charge on any atom is 0.150 e. The molecule has 1 N–H and O–H groups in total. The average molecular weight is 362 g/mol. The third-order valence-electron chi connectivity index (χ3n) is 5.47. The SMILES string of the molecule is Cc1ccsc1CN1CCn2c(nnc2[C@@H]2C[C@H](O)CN2C(C)C)C1. The number of likely N-dealkylation sites (tertiary alicyclic amines) is 1. The molecule has 136 valence electrons. The van der Waals surface area contributed by atoms with Crippen molar-refractivity contribution in [1.29, 1.82) is 0 Å². The Hall–Kier alpha value is -1.28. The highest BCUT2D eigenvalue weighted by atomic mass is 32.1. The van der Waals surface area contributed by atoms with E-state index in [4.69, 9.17) is 0 Å². The summed E-state index contributed by atoms with van der Waals surface area (Å²) in [6, 6.07) is 2.77. The standard InChI is InChI=1S/C18H27N5OS/c1-12(2)23-9-14(24)8-15(23)18-20-19-17-11-21(5-6-22(17)18)10-16-13(3)4-7-25-16/h4,7,12,14-15,24H,5-6,8-11H2,1-3H3/t14-,15-/m0/s1. The Kier molecular flexibility index (Phi) is 4.66. The molecule has 7 heteroatoms. The maximum absolute atomic E-state index is 10.1. The van der Waals surface area contributed by atoms with Crippen LogP contribution in [0.15, 0.2) is 11.4 Å². The maximum atomic E-state index is 10.1. The van der Waals surface area contributed by atoms with Crippen LogP contribution in [0.1, 0.15) is 48.4 Å². The van der Waals surface area contributed by atoms with Gasteiger partial charge in [0.1, 0.15) is 5.82 Å². The summed E-state index contributed by atoms with van der Waals surface area (Å²) in [7, 11) is 0. The van der Waals surface area contributed by atoms with Gasteiger partial charge in [-0.05, 0) is 44.2 Å². The predicted octanol–water partition coefficient (Wildman–Crippen LogP) is 2.18. The van der Waals surface area contributed by atoms with E-state index < -0.39 is 0 Å². The zero-order valence-corrected chi connectivity index (χ0v) is 16.0. The van der Waals surface area contributed by atoms with Crippen LogP contribution in [0.4, 0.5) is 0 Å². The Morgan fingerprint density at radius 2 is 2.16 bits per heavy atom. The van der Waals surface area contributed by atoms with E-state index in [2.05, 4.69) is 56.8 Å². The summed E-state index contributed by atoms with van der Waals surface area (Å²) in [4.78, 5) is 6.25. The van der Waals surface area contributed by atoms with E-state index >= 15 is 0 Å². The molecule has 4 rings (SSSR count). The number of nitrogens with zero attached hydrogens (tertiary/aromatic N) is 5. The summed E-state index contributed by atoms with van der Waals surface area (Å²) < 4.78 is 2.29. The van der Waals surface area contributed by atoms with Crippen LogP contribution in [0.2, 0.25) is 0 Å². The summed E-state index contributed by atoms with van der Waals surface area (Å²) in [5, 5.41) is 21.3. The third kappa shape index (κ3) is 3.26. The van der Waals surface area contributed by atoms with Gasteiger partial charge < -0.3 is 9.67 Å². The highest BCUT2D eigenvalue weighted by Gasteiger charge is 2.37. The van der Waals surface area contributed by atoms with Crippen molar-refractivity contribution >= 4 is 11.3 Å². The van der Waals surface area contributed by atoms with Crippen molar-refractivity contribution in [2.75, 3.05) is 13.1 Å². The summed E-state index contributed by atoms with van der Waals surface area (Å²) in [6.45, 7) is 11.1. The molecule has 0 bridgehead atoms. The Balaban J connectivity index is 1.51. The Labute approximate surface area is 153 Å². The number of hydrogen-bond acceptors (Lipinski definition) is 6. The van der Waals surface area contributed by atoms with E-state index in [1.807, 2.05) is 11.3 Å². The number of aryl methyl sites for hydroxylation is 1. The number of rotatable bonds is 4. The quantitative estimate of drug-likeness (QED) is 0.905. The molecule has 25 heavy (non-hydrogen) atoms. The van der Waals surface area contributed by atoms with Gasteiger partial charge in [-0.2, -0.15) is 0 Å². The van der Waals surface area contributed by atoms with Crippen LogP contribution in [0.5, 0.6) is 0 Å². The molecular formula is C18H27N5OS. The van der Waals surface area contributed by atoms with Crippen molar-refractivity contribution in [3.63, 3.8) is 0 Å². The molecule has 2 aromatic rings. The van der Waals surface area contributed by atoms with Gasteiger partial charge in [0.2, 0.25) is 0 Å². The van der Waals surface area contributed by atoms with Crippen molar-refractivity contribution in [2.45, 2.75) is 65.0 Å². The lowest BCUT2D eigenvalue weighted by molar-refractivity contribution is 0.155. The van der Waals surface area contributed by atoms with Crippen LogP contribution >= 0.6 is 11.3 Å². The van der Waals surface area contributed by atoms with Gasteiger partial charge in [0.05, 0.1) is 18.7 Å². The molecule has 0 radical (unpaired) electrons. The summed E-state index contributed by atoms with van der Waals surface area (Å²) in [6.07, 6.45) is 0.497. The van der Waals surface area contributed by atoms with Crippen LogP contribution in [-0.4, -0.2) is 54.9 Å². The molecule has 2 aromatic heterocycles. The van der Waals surface area contributed by atoms with Gasteiger partial charge in [-0.3, -0.25) is 9.80 Å². The van der Waals surface area contributed by atoms with Crippen LogP contribution < -0.4 is 0 Å². The van der Waals surface area contributed by atoms with Gasteiger partial charge >= 0.3 is 0 Å². The number of hydrogen-bond donors (Lipinski definition) is 1. The number of thiophene rings is 1. The van der Waals surface area contributed by atoms with Gasteiger partial charge in [-0.1, -0.05) is 0 Å². The lowest BCUT2D eigenvalue weighted by atomic mass is 10.1. The Morgan fingerprint density at radius 3 is 2.88 bits per heavy atom. The molecule has 0 spiro atoms. The van der Waals surface area contributed by atoms with Crippen LogP contribution in [0, 0.1) is 6.92 Å². The fourth-order valence-electron chi connectivity index (χ4n) is 4.04. The first-order valence-corrected chi connectivity index (χ1v) is 10.0. The second-order valence-corrected chi connectivity index (χ2v) is 8.56. The molecule has 1 fully saturated rings. The smallest absolute Gasteiger partial charge is 0.150 e. The molecule has 0 aromatic carbocycles. The first-order valence-electron chi connectivity index (χ1n) is 9.14. The zero-order chi connectivity index (χ0) is 17.6. The van der Waals surface area contributed by atoms with Gasteiger partial charge in [0.25, 0.3) is 0 Å². The summed E-state index contributed by atoms with van der Waals surface area (Å²) in [5.41, 5.74) is 1.38. The fourth-order valence-corrected chi connectivity index (χ4v) is 4.99. The second-order valence-electron chi connectivity index (χ2n) is 7.56. The number of aliphatic hydroxyl groups is 1. The molecule has 0 unspecified atom stereocenters. The third-order valence-corrected chi connectivity index (χ3v) is 6.48. The Bertz CT molecular complexity index is 740. The van der Waals surface area contributed by atoms with Gasteiger partial charge in [-0.15, -0.1) is 21.5 Å². The second kappa shape index (κ2) is 6.79. The van der Waals surface area contributed by atoms with E-state index in [-0.39, 0.29) is 12.1 Å². The molecule has 0 amide bonds. The van der Waals surface area contributed by atoms with Crippen molar-refractivity contribution in [1.82, 2.24) is 24.6 Å². The molecule has 0 aliphatic carbocycles. The largest absolute Gasteiger partial charge is 0.392 e. The van der Waals surface area contributed by atoms with Crippen LogP contribution in [0.25, 0.3) is 0 Å². The minimum Gasteiger partial charge on any atom is -0.392 e. The van der Waals surface area contributed by atoms with E-state index in [0.717, 1.165) is 50.8 Å². The highest BCUT2D eigenvalue weighted by molar-refractivity contribution is 7.10. The summed E-state index contributed by atoms with van der Waals surface area (Å²) in [5.74, 6) is 2.09. The first kappa shape index (κ1) is 17.1. The van der Waals surface area contributed by atoms with Crippen molar-refractivity contribution in [2.24, 2.45) is 0 Å². The number of β-amino-alcohol motifs (C(OH)–C–C–N with tert-alkyl or cyclic N) is 1. The highest BCUT2D eigenvalue weighted by Crippen LogP contribution is 2.34. The van der Waals surface area contributed by atoms with Crippen molar-refractivity contribution < 1.29 is 5.11 Å². The van der Waals surface area contributed by atoms with Gasteiger partial charge in [0.15, 0.2) is 5.82 Å².